The predicted molar refractivity (Wildman–Crippen MR) is 114 cm³/mol. The van der Waals surface area contributed by atoms with Crippen molar-refractivity contribution >= 4 is 45.1 Å². The highest BCUT2D eigenvalue weighted by Crippen LogP contribution is 2.29. The fraction of sp³-hybridized carbons (Fsp3) is 0.286. The lowest BCUT2D eigenvalue weighted by atomic mass is 10.2. The first-order chi connectivity index (χ1) is 13.7. The van der Waals surface area contributed by atoms with Crippen LogP contribution in [0.2, 0.25) is 0 Å². The first-order valence-electron chi connectivity index (χ1n) is 9.31. The van der Waals surface area contributed by atoms with Crippen LogP contribution in [0, 0.1) is 0 Å². The van der Waals surface area contributed by atoms with Crippen LogP contribution in [0.3, 0.4) is 0 Å². The predicted octanol–water partition coefficient (Wildman–Crippen LogP) is 3.76. The maximum Gasteiger partial charge on any atom is 0.253 e. The number of carbonyl (C=O) groups excluding carboxylic acids is 2. The number of aromatic nitrogens is 1. The second-order valence-electron chi connectivity index (χ2n) is 6.58. The number of fused-ring (bicyclic) bond motifs is 1. The number of hydrogen-bond donors (Lipinski definition) is 0. The van der Waals surface area contributed by atoms with E-state index in [1.165, 1.54) is 4.70 Å². The Morgan fingerprint density at radius 3 is 2.36 bits per heavy atom. The molecule has 3 aromatic rings. The average molecular weight is 412 g/mol. The smallest absolute Gasteiger partial charge is 0.253 e. The van der Waals surface area contributed by atoms with Crippen LogP contribution in [-0.4, -0.2) is 58.5 Å². The Morgan fingerprint density at radius 1 is 0.929 bits per heavy atom. The monoisotopic (exact) mass is 411 g/mol. The molecule has 5 nitrogen and oxygen atoms in total. The van der Waals surface area contributed by atoms with E-state index in [0.717, 1.165) is 15.6 Å². The van der Waals surface area contributed by atoms with Gasteiger partial charge in [-0.1, -0.05) is 42.1 Å². The van der Waals surface area contributed by atoms with Crippen molar-refractivity contribution in [3.8, 4) is 0 Å². The van der Waals surface area contributed by atoms with Crippen LogP contribution in [0.4, 0.5) is 0 Å². The van der Waals surface area contributed by atoms with Crippen molar-refractivity contribution in [1.82, 2.24) is 14.8 Å². The molecule has 1 saturated heterocycles. The summed E-state index contributed by atoms with van der Waals surface area (Å²) < 4.78 is 2.18. The fourth-order valence-electron chi connectivity index (χ4n) is 3.22. The molecule has 0 atom stereocenters. The molecule has 1 aromatic heterocycles. The summed E-state index contributed by atoms with van der Waals surface area (Å²) in [5.74, 6) is 0.918. The van der Waals surface area contributed by atoms with Crippen LogP contribution >= 0.6 is 23.1 Å². The average Bonchev–Trinajstić information content (AvgIpc) is 3.16. The van der Waals surface area contributed by atoms with Crippen molar-refractivity contribution in [3.05, 3.63) is 60.2 Å². The number of amides is 2. The van der Waals surface area contributed by atoms with Crippen molar-refractivity contribution < 1.29 is 9.59 Å². The quantitative estimate of drug-likeness (QED) is 0.600. The molecule has 1 fully saturated rings. The van der Waals surface area contributed by atoms with Gasteiger partial charge in [0.05, 0.1) is 10.2 Å². The van der Waals surface area contributed by atoms with E-state index < -0.39 is 0 Å². The van der Waals surface area contributed by atoms with Gasteiger partial charge in [-0.25, -0.2) is 4.98 Å². The van der Waals surface area contributed by atoms with Gasteiger partial charge >= 0.3 is 0 Å². The molecule has 7 heteroatoms. The number of hydrogen-bond acceptors (Lipinski definition) is 5. The van der Waals surface area contributed by atoms with Gasteiger partial charge in [-0.3, -0.25) is 9.59 Å². The van der Waals surface area contributed by atoms with E-state index in [0.29, 0.717) is 38.2 Å². The van der Waals surface area contributed by atoms with Crippen molar-refractivity contribution in [2.24, 2.45) is 0 Å². The van der Waals surface area contributed by atoms with E-state index in [9.17, 15) is 9.59 Å². The third-order valence-corrected chi connectivity index (χ3v) is 6.94. The lowest BCUT2D eigenvalue weighted by Crippen LogP contribution is -2.50. The number of benzene rings is 2. The van der Waals surface area contributed by atoms with Crippen molar-refractivity contribution in [2.45, 2.75) is 10.8 Å². The number of nitrogens with zero attached hydrogens (tertiary/aromatic N) is 3. The Morgan fingerprint density at radius 2 is 1.61 bits per heavy atom. The normalized spacial score (nSPS) is 14.4. The summed E-state index contributed by atoms with van der Waals surface area (Å²) in [7, 11) is 0. The van der Waals surface area contributed by atoms with Crippen LogP contribution in [0.25, 0.3) is 10.2 Å². The standard InChI is InChI=1S/C21H21N3O2S2/c25-19(10-15-27-21-22-17-8-4-5-9-18(17)28-21)23-11-13-24(14-12-23)20(26)16-6-2-1-3-7-16/h1-9H,10-15H2. The number of carbonyl (C=O) groups is 2. The summed E-state index contributed by atoms with van der Waals surface area (Å²) in [6.45, 7) is 2.38. The molecule has 0 spiro atoms. The number of thioether (sulfide) groups is 1. The van der Waals surface area contributed by atoms with Crippen LogP contribution in [0.5, 0.6) is 0 Å². The maximum atomic E-state index is 12.5. The van der Waals surface area contributed by atoms with Gasteiger partial charge in [-0.15, -0.1) is 11.3 Å². The summed E-state index contributed by atoms with van der Waals surface area (Å²) in [6, 6.07) is 17.4. The lowest BCUT2D eigenvalue weighted by molar-refractivity contribution is -0.132. The summed E-state index contributed by atoms with van der Waals surface area (Å²) >= 11 is 3.31. The van der Waals surface area contributed by atoms with Gasteiger partial charge in [0.25, 0.3) is 5.91 Å². The molecule has 2 amide bonds. The third-order valence-electron chi connectivity index (χ3n) is 4.76. The van der Waals surface area contributed by atoms with Crippen LogP contribution in [0.15, 0.2) is 58.9 Å². The van der Waals surface area contributed by atoms with Gasteiger partial charge in [0, 0.05) is 43.9 Å². The Kier molecular flexibility index (Phi) is 5.92. The molecule has 2 aromatic carbocycles. The first kappa shape index (κ1) is 19.0. The van der Waals surface area contributed by atoms with Gasteiger partial charge in [0.15, 0.2) is 4.34 Å². The molecule has 0 saturated carbocycles. The van der Waals surface area contributed by atoms with E-state index in [1.54, 1.807) is 23.1 Å². The van der Waals surface area contributed by atoms with Crippen molar-refractivity contribution in [2.75, 3.05) is 31.9 Å². The highest BCUT2D eigenvalue weighted by Gasteiger charge is 2.24. The topological polar surface area (TPSA) is 53.5 Å². The second-order valence-corrected chi connectivity index (χ2v) is 8.96. The zero-order valence-corrected chi connectivity index (χ0v) is 17.0. The molecule has 144 valence electrons. The van der Waals surface area contributed by atoms with Crippen molar-refractivity contribution in [1.29, 1.82) is 0 Å². The summed E-state index contributed by atoms with van der Waals surface area (Å²) in [6.07, 6.45) is 0.493. The molecule has 2 heterocycles. The van der Waals surface area contributed by atoms with Gasteiger partial charge in [0.1, 0.15) is 0 Å². The minimum atomic E-state index is 0.0408. The SMILES string of the molecule is O=C(CCSc1nc2ccccc2s1)N1CCN(C(=O)c2ccccc2)CC1. The Hall–Kier alpha value is -2.38. The number of piperazine rings is 1. The molecular weight excluding hydrogens is 390 g/mol. The van der Waals surface area contributed by atoms with E-state index in [4.69, 9.17) is 0 Å². The van der Waals surface area contributed by atoms with Gasteiger partial charge in [0.2, 0.25) is 5.91 Å². The fourth-order valence-corrected chi connectivity index (χ4v) is 5.29. The minimum absolute atomic E-state index is 0.0408. The summed E-state index contributed by atoms with van der Waals surface area (Å²) in [4.78, 5) is 33.3. The third kappa shape index (κ3) is 4.36. The Labute approximate surface area is 172 Å². The van der Waals surface area contributed by atoms with Gasteiger partial charge in [-0.2, -0.15) is 0 Å². The lowest BCUT2D eigenvalue weighted by Gasteiger charge is -2.34. The maximum absolute atomic E-state index is 12.5. The van der Waals surface area contributed by atoms with Crippen LogP contribution in [-0.2, 0) is 4.79 Å². The zero-order valence-electron chi connectivity index (χ0n) is 15.4. The van der Waals surface area contributed by atoms with Crippen molar-refractivity contribution in [3.63, 3.8) is 0 Å². The zero-order chi connectivity index (χ0) is 19.3. The van der Waals surface area contributed by atoms with Gasteiger partial charge in [-0.05, 0) is 24.3 Å². The van der Waals surface area contributed by atoms with E-state index in [-0.39, 0.29) is 11.8 Å². The largest absolute Gasteiger partial charge is 0.339 e. The molecule has 1 aliphatic rings. The number of rotatable bonds is 5. The van der Waals surface area contributed by atoms with Gasteiger partial charge < -0.3 is 9.80 Å². The van der Waals surface area contributed by atoms with E-state index in [1.807, 2.05) is 58.3 Å². The molecule has 1 aliphatic heterocycles. The molecule has 0 N–H and O–H groups in total. The second kappa shape index (κ2) is 8.75. The van der Waals surface area contributed by atoms with E-state index >= 15 is 0 Å². The molecule has 28 heavy (non-hydrogen) atoms. The number of thiazole rings is 1. The number of para-hydroxylation sites is 1. The molecule has 0 bridgehead atoms. The van der Waals surface area contributed by atoms with Crippen LogP contribution < -0.4 is 0 Å². The molecule has 0 radical (unpaired) electrons. The summed E-state index contributed by atoms with van der Waals surface area (Å²) in [5.41, 5.74) is 1.72. The summed E-state index contributed by atoms with van der Waals surface area (Å²) in [5, 5.41) is 0. The molecular formula is C21H21N3O2S2. The minimum Gasteiger partial charge on any atom is -0.339 e. The highest BCUT2D eigenvalue weighted by molar-refractivity contribution is 8.01. The van der Waals surface area contributed by atoms with E-state index in [2.05, 4.69) is 11.1 Å². The first-order valence-corrected chi connectivity index (χ1v) is 11.1. The Bertz CT molecular complexity index is 933. The molecule has 0 aliphatic carbocycles. The highest BCUT2D eigenvalue weighted by atomic mass is 32.2. The van der Waals surface area contributed by atoms with Crippen LogP contribution in [0.1, 0.15) is 16.8 Å². The molecule has 4 rings (SSSR count). The Balaban J connectivity index is 1.23. The molecule has 0 unspecified atom stereocenters.